The lowest BCUT2D eigenvalue weighted by atomic mass is 10.1. The van der Waals surface area contributed by atoms with Gasteiger partial charge in [-0.25, -0.2) is 9.37 Å². The van der Waals surface area contributed by atoms with Crippen LogP contribution in [0.5, 0.6) is 5.88 Å². The molecule has 0 N–H and O–H groups in total. The number of ether oxygens (including phenoxy) is 1. The van der Waals surface area contributed by atoms with Crippen molar-refractivity contribution in [2.75, 3.05) is 0 Å². The fourth-order valence-electron chi connectivity index (χ4n) is 2.21. The average molecular weight is 302 g/mol. The molecule has 0 bridgehead atoms. The molecule has 0 atom stereocenters. The lowest BCUT2D eigenvalue weighted by molar-refractivity contribution is 0.292. The van der Waals surface area contributed by atoms with Crippen molar-refractivity contribution < 1.29 is 9.13 Å². The lowest BCUT2D eigenvalue weighted by Gasteiger charge is -2.10. The fourth-order valence-corrected chi connectivity index (χ4v) is 2.42. The summed E-state index contributed by atoms with van der Waals surface area (Å²) >= 11 is 5.92. The molecule has 2 nitrogen and oxygen atoms in total. The minimum atomic E-state index is -0.279. The third-order valence-corrected chi connectivity index (χ3v) is 3.60. The molecule has 1 heterocycles. The highest BCUT2D eigenvalue weighted by molar-refractivity contribution is 6.18. The summed E-state index contributed by atoms with van der Waals surface area (Å²) in [7, 11) is 0. The minimum Gasteiger partial charge on any atom is -0.472 e. The van der Waals surface area contributed by atoms with Gasteiger partial charge in [0.2, 0.25) is 5.88 Å². The summed E-state index contributed by atoms with van der Waals surface area (Å²) in [6, 6.07) is 14.3. The first-order valence-corrected chi connectivity index (χ1v) is 7.12. The number of halogens is 2. The van der Waals surface area contributed by atoms with Crippen molar-refractivity contribution in [3.8, 4) is 5.88 Å². The Morgan fingerprint density at radius 2 is 1.67 bits per heavy atom. The van der Waals surface area contributed by atoms with Gasteiger partial charge < -0.3 is 4.74 Å². The quantitative estimate of drug-likeness (QED) is 0.652. The Kier molecular flexibility index (Phi) is 4.02. The smallest absolute Gasteiger partial charge is 0.221 e. The summed E-state index contributed by atoms with van der Waals surface area (Å²) in [4.78, 5) is 4.29. The second kappa shape index (κ2) is 6.10. The molecule has 0 saturated heterocycles. The Morgan fingerprint density at radius 1 is 0.952 bits per heavy atom. The highest BCUT2D eigenvalue weighted by Crippen LogP contribution is 2.27. The standard InChI is InChI=1S/C17H13ClFNO/c18-9-13-10-20-17(15-7-3-2-6-14(13)15)21-11-12-5-1-4-8-16(12)19/h1-8,10H,9,11H2. The number of fused-ring (bicyclic) bond motifs is 1. The van der Waals surface area contributed by atoms with Crippen LogP contribution >= 0.6 is 11.6 Å². The Bertz CT molecular complexity index is 776. The summed E-state index contributed by atoms with van der Waals surface area (Å²) in [6.07, 6.45) is 1.70. The fraction of sp³-hybridized carbons (Fsp3) is 0.118. The van der Waals surface area contributed by atoms with Gasteiger partial charge in [0, 0.05) is 23.0 Å². The van der Waals surface area contributed by atoms with Gasteiger partial charge in [0.05, 0.1) is 0 Å². The van der Waals surface area contributed by atoms with Crippen LogP contribution < -0.4 is 4.74 Å². The Morgan fingerprint density at radius 3 is 2.43 bits per heavy atom. The van der Waals surface area contributed by atoms with Crippen LogP contribution in [0.3, 0.4) is 0 Å². The molecule has 0 amide bonds. The van der Waals surface area contributed by atoms with E-state index >= 15 is 0 Å². The van der Waals surface area contributed by atoms with E-state index in [2.05, 4.69) is 4.98 Å². The topological polar surface area (TPSA) is 22.1 Å². The first kappa shape index (κ1) is 13.8. The Labute approximate surface area is 127 Å². The maximum Gasteiger partial charge on any atom is 0.221 e. The van der Waals surface area contributed by atoms with Crippen LogP contribution in [-0.4, -0.2) is 4.98 Å². The van der Waals surface area contributed by atoms with Crippen LogP contribution in [0.25, 0.3) is 10.8 Å². The molecular formula is C17H13ClFNO. The number of rotatable bonds is 4. The van der Waals surface area contributed by atoms with E-state index in [0.717, 1.165) is 16.3 Å². The van der Waals surface area contributed by atoms with Crippen LogP contribution in [-0.2, 0) is 12.5 Å². The molecule has 0 radical (unpaired) electrons. The van der Waals surface area contributed by atoms with Crippen molar-refractivity contribution in [1.82, 2.24) is 4.98 Å². The van der Waals surface area contributed by atoms with Crippen molar-refractivity contribution in [3.05, 3.63) is 71.7 Å². The molecular weight excluding hydrogens is 289 g/mol. The van der Waals surface area contributed by atoms with Crippen molar-refractivity contribution in [3.63, 3.8) is 0 Å². The number of pyridine rings is 1. The molecule has 3 rings (SSSR count). The van der Waals surface area contributed by atoms with Crippen molar-refractivity contribution >= 4 is 22.4 Å². The van der Waals surface area contributed by atoms with Gasteiger partial charge in [-0.15, -0.1) is 11.6 Å². The van der Waals surface area contributed by atoms with E-state index in [9.17, 15) is 4.39 Å². The molecule has 1 aromatic heterocycles. The highest BCUT2D eigenvalue weighted by Gasteiger charge is 2.09. The van der Waals surface area contributed by atoms with E-state index in [4.69, 9.17) is 16.3 Å². The van der Waals surface area contributed by atoms with E-state index < -0.39 is 0 Å². The molecule has 0 aliphatic carbocycles. The average Bonchev–Trinajstić information content (AvgIpc) is 2.54. The highest BCUT2D eigenvalue weighted by atomic mass is 35.5. The van der Waals surface area contributed by atoms with Crippen molar-refractivity contribution in [1.29, 1.82) is 0 Å². The van der Waals surface area contributed by atoms with Gasteiger partial charge in [-0.05, 0) is 23.1 Å². The van der Waals surface area contributed by atoms with E-state index in [1.54, 1.807) is 24.4 Å². The molecule has 0 spiro atoms. The maximum atomic E-state index is 13.6. The monoisotopic (exact) mass is 301 g/mol. The summed E-state index contributed by atoms with van der Waals surface area (Å²) in [5.41, 5.74) is 1.45. The minimum absolute atomic E-state index is 0.143. The van der Waals surface area contributed by atoms with E-state index in [-0.39, 0.29) is 12.4 Å². The summed E-state index contributed by atoms with van der Waals surface area (Å²) in [5.74, 6) is 0.600. The van der Waals surface area contributed by atoms with Gasteiger partial charge >= 0.3 is 0 Å². The molecule has 0 unspecified atom stereocenters. The zero-order valence-electron chi connectivity index (χ0n) is 11.2. The summed E-state index contributed by atoms with van der Waals surface area (Å²) < 4.78 is 19.3. The third-order valence-electron chi connectivity index (χ3n) is 3.31. The second-order valence-corrected chi connectivity index (χ2v) is 4.92. The van der Waals surface area contributed by atoms with Gasteiger partial charge in [-0.1, -0.05) is 36.4 Å². The summed E-state index contributed by atoms with van der Waals surface area (Å²) in [5, 5.41) is 1.89. The number of benzene rings is 2. The normalized spacial score (nSPS) is 10.8. The van der Waals surface area contributed by atoms with Crippen LogP contribution in [0.1, 0.15) is 11.1 Å². The number of hydrogen-bond donors (Lipinski definition) is 0. The SMILES string of the molecule is Fc1ccccc1COc1ncc(CCl)c2ccccc12. The molecule has 21 heavy (non-hydrogen) atoms. The number of aromatic nitrogens is 1. The largest absolute Gasteiger partial charge is 0.472 e. The third kappa shape index (κ3) is 2.83. The Hall–Kier alpha value is -2.13. The van der Waals surface area contributed by atoms with Gasteiger partial charge in [0.1, 0.15) is 12.4 Å². The molecule has 3 aromatic rings. The van der Waals surface area contributed by atoms with E-state index in [1.807, 2.05) is 24.3 Å². The number of alkyl halides is 1. The van der Waals surface area contributed by atoms with E-state index in [1.165, 1.54) is 6.07 Å². The van der Waals surface area contributed by atoms with Gasteiger partial charge in [0.25, 0.3) is 0 Å². The molecule has 0 aliphatic rings. The maximum absolute atomic E-state index is 13.6. The molecule has 2 aromatic carbocycles. The van der Waals surface area contributed by atoms with Crippen molar-refractivity contribution in [2.24, 2.45) is 0 Å². The number of hydrogen-bond acceptors (Lipinski definition) is 2. The predicted octanol–water partition coefficient (Wildman–Crippen LogP) is 4.69. The molecule has 0 aliphatic heterocycles. The number of nitrogens with zero attached hydrogens (tertiary/aromatic N) is 1. The van der Waals surface area contributed by atoms with Crippen LogP contribution in [0.2, 0.25) is 0 Å². The zero-order valence-corrected chi connectivity index (χ0v) is 12.0. The Balaban J connectivity index is 1.93. The summed E-state index contributed by atoms with van der Waals surface area (Å²) in [6.45, 7) is 0.143. The van der Waals surface area contributed by atoms with Crippen LogP contribution in [0, 0.1) is 5.82 Å². The van der Waals surface area contributed by atoms with Crippen molar-refractivity contribution in [2.45, 2.75) is 12.5 Å². The van der Waals surface area contributed by atoms with Gasteiger partial charge in [0.15, 0.2) is 0 Å². The molecule has 106 valence electrons. The van der Waals surface area contributed by atoms with E-state index in [0.29, 0.717) is 17.3 Å². The van der Waals surface area contributed by atoms with Crippen LogP contribution in [0.4, 0.5) is 4.39 Å². The van der Waals surface area contributed by atoms with Gasteiger partial charge in [-0.3, -0.25) is 0 Å². The van der Waals surface area contributed by atoms with Gasteiger partial charge in [-0.2, -0.15) is 0 Å². The second-order valence-electron chi connectivity index (χ2n) is 4.65. The molecule has 4 heteroatoms. The first-order chi connectivity index (χ1) is 10.3. The zero-order chi connectivity index (χ0) is 14.7. The molecule has 0 fully saturated rings. The lowest BCUT2D eigenvalue weighted by Crippen LogP contribution is -2.01. The molecule has 0 saturated carbocycles. The first-order valence-electron chi connectivity index (χ1n) is 6.58. The predicted molar refractivity (Wildman–Crippen MR) is 82.0 cm³/mol. The van der Waals surface area contributed by atoms with Crippen LogP contribution in [0.15, 0.2) is 54.7 Å².